The first-order valence-electron chi connectivity index (χ1n) is 11.7. The fraction of sp³-hybridized carbons (Fsp3) is 0.250. The Morgan fingerprint density at radius 3 is 2.55 bits per heavy atom. The fourth-order valence-corrected chi connectivity index (χ4v) is 3.62. The van der Waals surface area contributed by atoms with Gasteiger partial charge in [-0.05, 0) is 53.8 Å². The maximum Gasteiger partial charge on any atom is 0.344 e. The number of carboxylic acid groups (broad SMARTS) is 1. The van der Waals surface area contributed by atoms with E-state index in [0.29, 0.717) is 6.54 Å². The Kier molecular flexibility index (Phi) is 9.35. The third-order valence-corrected chi connectivity index (χ3v) is 5.49. The van der Waals surface area contributed by atoms with Crippen LogP contribution in [0.2, 0.25) is 0 Å². The highest BCUT2D eigenvalue weighted by Gasteiger charge is 2.28. The molecular weight excluding hydrogens is 496 g/mol. The van der Waals surface area contributed by atoms with Crippen molar-refractivity contribution in [2.45, 2.75) is 39.3 Å². The molecule has 0 spiro atoms. The van der Waals surface area contributed by atoms with Crippen LogP contribution in [0.1, 0.15) is 30.0 Å². The summed E-state index contributed by atoms with van der Waals surface area (Å²) < 4.78 is 41.6. The van der Waals surface area contributed by atoms with Gasteiger partial charge in [-0.25, -0.2) is 13.6 Å². The molecule has 2 aromatic carbocycles. The van der Waals surface area contributed by atoms with E-state index >= 15 is 8.78 Å². The molecule has 0 bridgehead atoms. The number of nitrogens with zero attached hydrogens (tertiary/aromatic N) is 1. The van der Waals surface area contributed by atoms with Crippen LogP contribution in [0, 0.1) is 30.9 Å². The molecule has 0 aliphatic rings. The molecule has 1 atom stereocenters. The van der Waals surface area contributed by atoms with Crippen molar-refractivity contribution < 1.29 is 33.0 Å². The van der Waals surface area contributed by atoms with Gasteiger partial charge in [-0.3, -0.25) is 4.79 Å². The highest BCUT2D eigenvalue weighted by atomic mass is 19.1. The first-order chi connectivity index (χ1) is 18.2. The Morgan fingerprint density at radius 1 is 1.16 bits per heavy atom. The highest BCUT2D eigenvalue weighted by Crippen LogP contribution is 2.34. The average molecular weight is 524 g/mol. The predicted molar refractivity (Wildman–Crippen MR) is 137 cm³/mol. The standard InChI is InChI=1S/C28H27F2N3O5/c1-4-9-32-23(34)14-21-24(29)26(33-27(25(21)30)38-22(5-2)28(35)36)37-20-11-16(3)10-19(13-20)18-8-6-7-17(12-18)15-31/h1,6-8,10-13,22H,5,9,14-15,31H2,2-3H3,(H,32,34)(H,35,36). The third-order valence-electron chi connectivity index (χ3n) is 5.49. The van der Waals surface area contributed by atoms with Gasteiger partial charge in [0, 0.05) is 12.1 Å². The first kappa shape index (κ1) is 28.1. The lowest BCUT2D eigenvalue weighted by Crippen LogP contribution is -2.28. The number of nitrogens with one attached hydrogen (secondary N) is 1. The summed E-state index contributed by atoms with van der Waals surface area (Å²) >= 11 is 0. The number of aryl methyl sites for hydroxylation is 1. The smallest absolute Gasteiger partial charge is 0.344 e. The monoisotopic (exact) mass is 523 g/mol. The summed E-state index contributed by atoms with van der Waals surface area (Å²) in [6.07, 6.45) is 2.89. The minimum absolute atomic E-state index is 0.0227. The Bertz CT molecular complexity index is 1390. The maximum absolute atomic E-state index is 15.4. The van der Waals surface area contributed by atoms with Crippen LogP contribution in [0.25, 0.3) is 11.1 Å². The number of amides is 1. The molecule has 198 valence electrons. The minimum atomic E-state index is -1.46. The maximum atomic E-state index is 15.4. The molecule has 0 saturated carbocycles. The van der Waals surface area contributed by atoms with Crippen LogP contribution < -0.4 is 20.5 Å². The number of benzene rings is 2. The Labute approximate surface area is 218 Å². The van der Waals surface area contributed by atoms with E-state index in [1.54, 1.807) is 12.1 Å². The molecule has 0 radical (unpaired) electrons. The third kappa shape index (κ3) is 6.83. The van der Waals surface area contributed by atoms with Crippen LogP contribution in [0.5, 0.6) is 17.5 Å². The van der Waals surface area contributed by atoms with Gasteiger partial charge in [0.1, 0.15) is 5.75 Å². The van der Waals surface area contributed by atoms with Gasteiger partial charge in [0.2, 0.25) is 5.91 Å². The normalized spacial score (nSPS) is 11.4. The zero-order chi connectivity index (χ0) is 27.8. The number of nitrogens with two attached hydrogens (primary N) is 1. The number of aliphatic carboxylic acids is 1. The van der Waals surface area contributed by atoms with E-state index < -0.39 is 53.4 Å². The molecule has 0 aliphatic heterocycles. The minimum Gasteiger partial charge on any atom is -0.479 e. The first-order valence-corrected chi connectivity index (χ1v) is 11.7. The highest BCUT2D eigenvalue weighted by molar-refractivity contribution is 5.79. The summed E-state index contributed by atoms with van der Waals surface area (Å²) in [7, 11) is 0. The molecule has 3 aromatic rings. The second-order valence-corrected chi connectivity index (χ2v) is 8.38. The molecule has 1 heterocycles. The SMILES string of the molecule is C#CCNC(=O)Cc1c(F)c(Oc2cc(C)cc(-c3cccc(CN)c3)c2)nc(OC(CC)C(=O)O)c1F. The van der Waals surface area contributed by atoms with Crippen molar-refractivity contribution in [3.05, 3.63) is 70.8 Å². The molecule has 10 heteroatoms. The van der Waals surface area contributed by atoms with Gasteiger partial charge in [0.25, 0.3) is 11.8 Å². The summed E-state index contributed by atoms with van der Waals surface area (Å²) in [5.74, 6) is -3.79. The summed E-state index contributed by atoms with van der Waals surface area (Å²) in [6.45, 7) is 3.53. The van der Waals surface area contributed by atoms with E-state index in [1.807, 2.05) is 37.3 Å². The van der Waals surface area contributed by atoms with E-state index in [2.05, 4.69) is 16.2 Å². The van der Waals surface area contributed by atoms with E-state index in [-0.39, 0.29) is 18.7 Å². The number of rotatable bonds is 11. The van der Waals surface area contributed by atoms with E-state index in [0.717, 1.165) is 22.3 Å². The number of halogens is 2. The molecule has 0 saturated heterocycles. The molecule has 3 rings (SSSR count). The fourth-order valence-electron chi connectivity index (χ4n) is 3.62. The van der Waals surface area contributed by atoms with Crippen molar-refractivity contribution in [2.75, 3.05) is 6.54 Å². The molecule has 38 heavy (non-hydrogen) atoms. The number of ether oxygens (including phenoxy) is 2. The van der Waals surface area contributed by atoms with Gasteiger partial charge < -0.3 is 25.6 Å². The van der Waals surface area contributed by atoms with Crippen molar-refractivity contribution in [3.8, 4) is 41.0 Å². The quantitative estimate of drug-likeness (QED) is 0.323. The van der Waals surface area contributed by atoms with E-state index in [1.165, 1.54) is 6.92 Å². The number of aromatic nitrogens is 1. The second kappa shape index (κ2) is 12.7. The van der Waals surface area contributed by atoms with Crippen LogP contribution in [0.4, 0.5) is 8.78 Å². The molecule has 1 amide bonds. The molecule has 4 N–H and O–H groups in total. The van der Waals surface area contributed by atoms with Crippen LogP contribution >= 0.6 is 0 Å². The topological polar surface area (TPSA) is 124 Å². The zero-order valence-corrected chi connectivity index (χ0v) is 20.9. The average Bonchev–Trinajstić information content (AvgIpc) is 2.90. The van der Waals surface area contributed by atoms with Crippen LogP contribution in [-0.2, 0) is 22.6 Å². The van der Waals surface area contributed by atoms with E-state index in [9.17, 15) is 14.7 Å². The van der Waals surface area contributed by atoms with Gasteiger partial charge in [-0.15, -0.1) is 6.42 Å². The molecule has 1 unspecified atom stereocenters. The van der Waals surface area contributed by atoms with Crippen molar-refractivity contribution >= 4 is 11.9 Å². The second-order valence-electron chi connectivity index (χ2n) is 8.38. The Balaban J connectivity index is 2.06. The van der Waals surface area contributed by atoms with Crippen molar-refractivity contribution in [3.63, 3.8) is 0 Å². The molecule has 8 nitrogen and oxygen atoms in total. The molecule has 0 aliphatic carbocycles. The zero-order valence-electron chi connectivity index (χ0n) is 20.9. The largest absolute Gasteiger partial charge is 0.479 e. The summed E-state index contributed by atoms with van der Waals surface area (Å²) in [6, 6.07) is 12.7. The van der Waals surface area contributed by atoms with Crippen molar-refractivity contribution in [1.29, 1.82) is 0 Å². The predicted octanol–water partition coefficient (Wildman–Crippen LogP) is 4.12. The van der Waals surface area contributed by atoms with Gasteiger partial charge in [-0.2, -0.15) is 4.98 Å². The van der Waals surface area contributed by atoms with Crippen LogP contribution in [0.3, 0.4) is 0 Å². The van der Waals surface area contributed by atoms with Crippen LogP contribution in [0.15, 0.2) is 42.5 Å². The number of pyridine rings is 1. The van der Waals surface area contributed by atoms with Gasteiger partial charge in [0.05, 0.1) is 13.0 Å². The molecule has 1 aromatic heterocycles. The number of carboxylic acids is 1. The number of carbonyl (C=O) groups excluding carboxylic acids is 1. The number of carbonyl (C=O) groups is 2. The number of hydrogen-bond acceptors (Lipinski definition) is 6. The Morgan fingerprint density at radius 2 is 1.89 bits per heavy atom. The van der Waals surface area contributed by atoms with Gasteiger partial charge in [-0.1, -0.05) is 37.1 Å². The number of terminal acetylenes is 1. The van der Waals surface area contributed by atoms with Gasteiger partial charge in [0.15, 0.2) is 17.7 Å². The lowest BCUT2D eigenvalue weighted by molar-refractivity contribution is -0.145. The number of hydrogen-bond donors (Lipinski definition) is 3. The Hall–Kier alpha value is -4.49. The van der Waals surface area contributed by atoms with Crippen LogP contribution in [-0.4, -0.2) is 34.6 Å². The summed E-state index contributed by atoms with van der Waals surface area (Å²) in [5, 5.41) is 11.7. The van der Waals surface area contributed by atoms with E-state index in [4.69, 9.17) is 21.6 Å². The molecule has 0 fully saturated rings. The summed E-state index contributed by atoms with van der Waals surface area (Å²) in [4.78, 5) is 27.4. The van der Waals surface area contributed by atoms with Crippen molar-refractivity contribution in [1.82, 2.24) is 10.3 Å². The lowest BCUT2D eigenvalue weighted by Gasteiger charge is -2.17. The van der Waals surface area contributed by atoms with Crippen molar-refractivity contribution in [2.24, 2.45) is 5.73 Å². The van der Waals surface area contributed by atoms with Gasteiger partial charge >= 0.3 is 5.97 Å². The summed E-state index contributed by atoms with van der Waals surface area (Å²) in [5.41, 5.74) is 8.33. The lowest BCUT2D eigenvalue weighted by atomic mass is 10.0. The molecular formula is C28H27F2N3O5.